The van der Waals surface area contributed by atoms with E-state index in [1.165, 1.54) is 12.2 Å². The summed E-state index contributed by atoms with van der Waals surface area (Å²) >= 11 is 0. The van der Waals surface area contributed by atoms with Crippen LogP contribution in [-0.2, 0) is 23.9 Å². The van der Waals surface area contributed by atoms with Crippen molar-refractivity contribution in [1.82, 2.24) is 20.9 Å². The summed E-state index contributed by atoms with van der Waals surface area (Å²) in [5.41, 5.74) is -0.135. The zero-order valence-corrected chi connectivity index (χ0v) is 22.8. The van der Waals surface area contributed by atoms with Crippen LogP contribution in [0.25, 0.3) is 0 Å². The number of likely N-dealkylation sites (tertiary alicyclic amines) is 1. The number of fused-ring (bicyclic) bond motifs is 1. The molecule has 3 fully saturated rings. The molecule has 2 saturated carbocycles. The first-order valence-electron chi connectivity index (χ1n) is 13.7. The molecule has 0 aromatic carbocycles. The Morgan fingerprint density at radius 2 is 1.76 bits per heavy atom. The molecule has 3 rings (SSSR count). The van der Waals surface area contributed by atoms with Crippen molar-refractivity contribution in [2.45, 2.75) is 77.4 Å². The molecule has 3 aliphatic rings. The molecule has 0 bridgehead atoms. The van der Waals surface area contributed by atoms with Gasteiger partial charge in [-0.1, -0.05) is 58.8 Å². The Kier molecular flexibility index (Phi) is 9.73. The highest BCUT2D eigenvalue weighted by atomic mass is 16.5. The molecule has 10 heteroatoms. The molecule has 5 atom stereocenters. The lowest BCUT2D eigenvalue weighted by Gasteiger charge is -2.35. The number of amides is 4. The summed E-state index contributed by atoms with van der Waals surface area (Å²) < 4.78 is 5.09. The molecule has 210 valence electrons. The molecule has 1 heterocycles. The van der Waals surface area contributed by atoms with Crippen LogP contribution in [0.15, 0.2) is 25.3 Å². The topological polar surface area (TPSA) is 134 Å². The van der Waals surface area contributed by atoms with E-state index in [2.05, 4.69) is 43.0 Å². The Balaban J connectivity index is 1.81. The highest BCUT2D eigenvalue weighted by Gasteiger charge is 2.69. The van der Waals surface area contributed by atoms with Gasteiger partial charge in [-0.2, -0.15) is 0 Å². The van der Waals surface area contributed by atoms with Crippen LogP contribution in [0, 0.1) is 23.2 Å². The van der Waals surface area contributed by atoms with Crippen molar-refractivity contribution < 1.29 is 28.7 Å². The number of Topliss-reactive ketones (excluding diaryl/α,β-unsaturated/α-hetero) is 1. The number of hydrogen-bond donors (Lipinski definition) is 3. The fourth-order valence-electron chi connectivity index (χ4n) is 6.19. The van der Waals surface area contributed by atoms with E-state index in [9.17, 15) is 24.0 Å². The second-order valence-corrected chi connectivity index (χ2v) is 11.2. The Hall–Kier alpha value is -3.17. The molecule has 2 aliphatic carbocycles. The first-order valence-corrected chi connectivity index (χ1v) is 13.7. The number of ether oxygens (including phenoxy) is 1. The summed E-state index contributed by atoms with van der Waals surface area (Å²) in [4.78, 5) is 66.7. The first-order chi connectivity index (χ1) is 18.1. The zero-order valence-electron chi connectivity index (χ0n) is 22.8. The van der Waals surface area contributed by atoms with Crippen molar-refractivity contribution in [2.24, 2.45) is 23.2 Å². The SMILES string of the molecule is C=CCNC(=O)C(=O)C(CCC)NC(=O)[C@@H]1[C@H]2[C@@H](CN1C(=O)[C@@H](NC(=O)OCC=C)C1CCCC1)C2(C)C. The summed E-state index contributed by atoms with van der Waals surface area (Å²) in [6.45, 7) is 13.6. The third-order valence-electron chi connectivity index (χ3n) is 8.34. The molecule has 0 spiro atoms. The van der Waals surface area contributed by atoms with E-state index in [-0.39, 0.29) is 42.2 Å². The predicted molar refractivity (Wildman–Crippen MR) is 142 cm³/mol. The van der Waals surface area contributed by atoms with Crippen LogP contribution in [-0.4, -0.2) is 72.3 Å². The van der Waals surface area contributed by atoms with Gasteiger partial charge in [-0.25, -0.2) is 4.79 Å². The van der Waals surface area contributed by atoms with Crippen molar-refractivity contribution in [3.63, 3.8) is 0 Å². The normalized spacial score (nSPS) is 24.9. The Bertz CT molecular complexity index is 957. The average Bonchev–Trinajstić information content (AvgIpc) is 3.35. The van der Waals surface area contributed by atoms with Gasteiger partial charge in [0.1, 0.15) is 18.7 Å². The third-order valence-corrected chi connectivity index (χ3v) is 8.34. The van der Waals surface area contributed by atoms with Crippen molar-refractivity contribution in [3.05, 3.63) is 25.3 Å². The maximum Gasteiger partial charge on any atom is 0.408 e. The summed E-state index contributed by atoms with van der Waals surface area (Å²) in [6.07, 6.45) is 6.64. The van der Waals surface area contributed by atoms with Crippen LogP contribution in [0.1, 0.15) is 59.3 Å². The largest absolute Gasteiger partial charge is 0.445 e. The minimum absolute atomic E-state index is 0.0255. The van der Waals surface area contributed by atoms with E-state index in [1.807, 2.05) is 6.92 Å². The second kappa shape index (κ2) is 12.6. The summed E-state index contributed by atoms with van der Waals surface area (Å²) in [7, 11) is 0. The minimum atomic E-state index is -0.993. The van der Waals surface area contributed by atoms with Crippen LogP contribution in [0.4, 0.5) is 4.79 Å². The minimum Gasteiger partial charge on any atom is -0.445 e. The quantitative estimate of drug-likeness (QED) is 0.247. The number of alkyl carbamates (subject to hydrolysis) is 1. The maximum absolute atomic E-state index is 13.9. The van der Waals surface area contributed by atoms with Crippen LogP contribution in [0.5, 0.6) is 0 Å². The highest BCUT2D eigenvalue weighted by Crippen LogP contribution is 2.65. The molecule has 4 amide bonds. The van der Waals surface area contributed by atoms with Gasteiger partial charge in [0.25, 0.3) is 5.91 Å². The van der Waals surface area contributed by atoms with Crippen LogP contribution in [0.3, 0.4) is 0 Å². The van der Waals surface area contributed by atoms with Gasteiger partial charge >= 0.3 is 6.09 Å². The van der Waals surface area contributed by atoms with Crippen molar-refractivity contribution in [3.8, 4) is 0 Å². The van der Waals surface area contributed by atoms with Gasteiger partial charge in [-0.05, 0) is 42.4 Å². The molecule has 0 radical (unpaired) electrons. The second-order valence-electron chi connectivity index (χ2n) is 11.2. The van der Waals surface area contributed by atoms with E-state index in [0.29, 0.717) is 19.4 Å². The molecule has 0 aromatic rings. The number of ketones is 1. The van der Waals surface area contributed by atoms with E-state index < -0.39 is 41.8 Å². The molecule has 1 aliphatic heterocycles. The summed E-state index contributed by atoms with van der Waals surface area (Å²) in [5, 5.41) is 8.00. The van der Waals surface area contributed by atoms with E-state index in [4.69, 9.17) is 4.74 Å². The van der Waals surface area contributed by atoms with Crippen LogP contribution >= 0.6 is 0 Å². The zero-order chi connectivity index (χ0) is 28.0. The smallest absolute Gasteiger partial charge is 0.408 e. The Morgan fingerprint density at radius 1 is 1.08 bits per heavy atom. The number of hydrogen-bond acceptors (Lipinski definition) is 6. The predicted octanol–water partition coefficient (Wildman–Crippen LogP) is 2.10. The highest BCUT2D eigenvalue weighted by molar-refractivity contribution is 6.38. The molecule has 1 unspecified atom stereocenters. The standard InChI is InChI=1S/C28H42N4O6/c1-6-11-19(23(33)25(35)29-14-7-2)30-24(34)22-20-18(28(20,4)5)16-32(22)26(36)21(17-12-9-10-13-17)31-27(37)38-15-8-3/h7-8,17-22H,2-3,6,9-16H2,1,4-5H3,(H,29,35)(H,30,34)(H,31,37)/t18-,19?,20-,21+,22+/m1/s1. The monoisotopic (exact) mass is 530 g/mol. The molecule has 3 N–H and O–H groups in total. The third kappa shape index (κ3) is 6.27. The number of carbonyl (C=O) groups is 5. The lowest BCUT2D eigenvalue weighted by Crippen LogP contribution is -2.59. The van der Waals surface area contributed by atoms with Gasteiger partial charge in [-0.15, -0.1) is 6.58 Å². The lowest BCUT2D eigenvalue weighted by atomic mass is 9.94. The molecular weight excluding hydrogens is 488 g/mol. The molecular formula is C28H42N4O6. The van der Waals surface area contributed by atoms with Crippen molar-refractivity contribution in [2.75, 3.05) is 19.7 Å². The maximum atomic E-state index is 13.9. The fraction of sp³-hybridized carbons (Fsp3) is 0.679. The van der Waals surface area contributed by atoms with Gasteiger partial charge in [0, 0.05) is 13.1 Å². The number of carbonyl (C=O) groups excluding carboxylic acids is 5. The lowest BCUT2D eigenvalue weighted by molar-refractivity contribution is -0.144. The Labute approximate surface area is 225 Å². The number of nitrogens with zero attached hydrogens (tertiary/aromatic N) is 1. The first kappa shape index (κ1) is 29.4. The molecule has 0 aromatic heterocycles. The van der Waals surface area contributed by atoms with Gasteiger partial charge in [0.15, 0.2) is 0 Å². The van der Waals surface area contributed by atoms with Gasteiger partial charge in [0.2, 0.25) is 17.6 Å². The van der Waals surface area contributed by atoms with E-state index >= 15 is 0 Å². The van der Waals surface area contributed by atoms with E-state index in [1.54, 1.807) is 4.90 Å². The van der Waals surface area contributed by atoms with Crippen LogP contribution < -0.4 is 16.0 Å². The van der Waals surface area contributed by atoms with Crippen LogP contribution in [0.2, 0.25) is 0 Å². The van der Waals surface area contributed by atoms with Crippen molar-refractivity contribution >= 4 is 29.6 Å². The molecule has 10 nitrogen and oxygen atoms in total. The molecule has 38 heavy (non-hydrogen) atoms. The summed E-state index contributed by atoms with van der Waals surface area (Å²) in [6, 6.07) is -2.59. The van der Waals surface area contributed by atoms with Gasteiger partial charge < -0.3 is 25.6 Å². The summed E-state index contributed by atoms with van der Waals surface area (Å²) in [5.74, 6) is -2.24. The number of piperidine rings is 1. The fourth-order valence-corrected chi connectivity index (χ4v) is 6.19. The van der Waals surface area contributed by atoms with Crippen molar-refractivity contribution in [1.29, 1.82) is 0 Å². The number of rotatable bonds is 13. The van der Waals surface area contributed by atoms with Gasteiger partial charge in [0.05, 0.1) is 6.04 Å². The Morgan fingerprint density at radius 3 is 2.37 bits per heavy atom. The van der Waals surface area contributed by atoms with Gasteiger partial charge in [-0.3, -0.25) is 19.2 Å². The van der Waals surface area contributed by atoms with E-state index in [0.717, 1.165) is 25.7 Å². The average molecular weight is 531 g/mol. The molecule has 1 saturated heterocycles. The number of nitrogens with one attached hydrogen (secondary N) is 3.